The van der Waals surface area contributed by atoms with Gasteiger partial charge in [-0.25, -0.2) is 12.4 Å². The molecule has 0 spiro atoms. The van der Waals surface area contributed by atoms with E-state index in [4.69, 9.17) is 0 Å². The molecule has 5 nitrogen and oxygen atoms in total. The minimum atomic E-state index is -3.87. The molecular weight excluding hydrogens is 386 g/mol. The lowest BCUT2D eigenvalue weighted by atomic mass is 9.81. The van der Waals surface area contributed by atoms with Crippen LogP contribution in [0.2, 0.25) is 0 Å². The highest BCUT2D eigenvalue weighted by Gasteiger charge is 2.36. The molecule has 6 heteroatoms. The van der Waals surface area contributed by atoms with Gasteiger partial charge in [0, 0.05) is 27.8 Å². The van der Waals surface area contributed by atoms with Gasteiger partial charge in [-0.15, -0.1) is 0 Å². The zero-order valence-electron chi connectivity index (χ0n) is 15.7. The number of rotatable bonds is 2. The van der Waals surface area contributed by atoms with Crippen molar-refractivity contribution >= 4 is 38.1 Å². The van der Waals surface area contributed by atoms with Crippen molar-refractivity contribution in [1.82, 2.24) is 3.97 Å². The molecule has 0 N–H and O–H groups in total. The summed E-state index contributed by atoms with van der Waals surface area (Å²) in [6.07, 6.45) is 3.29. The summed E-state index contributed by atoms with van der Waals surface area (Å²) < 4.78 is 28.5. The normalized spacial score (nSPS) is 16.3. The van der Waals surface area contributed by atoms with Crippen molar-refractivity contribution < 1.29 is 18.0 Å². The van der Waals surface area contributed by atoms with Gasteiger partial charge in [-0.3, -0.25) is 9.59 Å². The predicted molar refractivity (Wildman–Crippen MR) is 110 cm³/mol. The van der Waals surface area contributed by atoms with E-state index in [1.807, 2.05) is 13.0 Å². The highest BCUT2D eigenvalue weighted by Crippen LogP contribution is 2.42. The average Bonchev–Trinajstić information content (AvgIpc) is 3.06. The fourth-order valence-electron chi connectivity index (χ4n) is 4.23. The summed E-state index contributed by atoms with van der Waals surface area (Å²) in [7, 11) is -3.87. The average molecular weight is 403 g/mol. The summed E-state index contributed by atoms with van der Waals surface area (Å²) in [5, 5.41) is 0.668. The molecule has 0 unspecified atom stereocenters. The molecule has 5 rings (SSSR count). The van der Waals surface area contributed by atoms with Gasteiger partial charge in [-0.2, -0.15) is 0 Å². The van der Waals surface area contributed by atoms with Gasteiger partial charge in [0.25, 0.3) is 10.0 Å². The van der Waals surface area contributed by atoms with Gasteiger partial charge >= 0.3 is 0 Å². The first-order valence-corrected chi connectivity index (χ1v) is 10.8. The molecule has 2 aliphatic carbocycles. The van der Waals surface area contributed by atoms with Crippen LogP contribution in [0.1, 0.15) is 23.2 Å². The van der Waals surface area contributed by atoms with Crippen molar-refractivity contribution in [2.45, 2.75) is 24.7 Å². The number of hydrogen-bond acceptors (Lipinski definition) is 4. The maximum atomic E-state index is 13.6. The van der Waals surface area contributed by atoms with Crippen LogP contribution in [-0.4, -0.2) is 24.0 Å². The Bertz CT molecular complexity index is 1390. The number of fused-ring (bicyclic) bond motifs is 4. The van der Waals surface area contributed by atoms with Gasteiger partial charge in [0.15, 0.2) is 11.6 Å². The number of aromatic nitrogens is 1. The van der Waals surface area contributed by atoms with E-state index >= 15 is 0 Å². The van der Waals surface area contributed by atoms with Crippen LogP contribution in [0.25, 0.3) is 16.5 Å². The van der Waals surface area contributed by atoms with Crippen molar-refractivity contribution in [1.29, 1.82) is 0 Å². The fourth-order valence-corrected chi connectivity index (χ4v) is 5.81. The second kappa shape index (κ2) is 6.12. The third-order valence-corrected chi connectivity index (χ3v) is 7.34. The van der Waals surface area contributed by atoms with E-state index in [2.05, 4.69) is 0 Å². The maximum absolute atomic E-state index is 13.6. The zero-order chi connectivity index (χ0) is 20.3. The summed E-state index contributed by atoms with van der Waals surface area (Å²) in [5.74, 6) is -0.431. The molecule has 1 heterocycles. The number of aryl methyl sites for hydroxylation is 1. The molecule has 2 aromatic carbocycles. The molecule has 29 heavy (non-hydrogen) atoms. The summed E-state index contributed by atoms with van der Waals surface area (Å²) in [5.41, 5.74) is 3.42. The lowest BCUT2D eigenvalue weighted by Crippen LogP contribution is -2.22. The number of allylic oxidation sites excluding steroid dienone is 4. The Balaban J connectivity index is 1.86. The SMILES string of the molecule is Cc1ccc(S(=O)(=O)n2c3c(c4ccccc42)C2=C(CC3)C(=O)C=CC2=O)cc1. The Morgan fingerprint density at radius 1 is 0.862 bits per heavy atom. The number of carbonyl (C=O) groups is 2. The first-order chi connectivity index (χ1) is 13.9. The summed E-state index contributed by atoms with van der Waals surface area (Å²) in [6.45, 7) is 1.90. The number of nitrogens with zero attached hydrogens (tertiary/aromatic N) is 1. The quantitative estimate of drug-likeness (QED) is 0.613. The Kier molecular flexibility index (Phi) is 3.76. The van der Waals surface area contributed by atoms with E-state index in [1.54, 1.807) is 42.5 Å². The number of para-hydroxylation sites is 1. The van der Waals surface area contributed by atoms with Crippen molar-refractivity contribution in [2.75, 3.05) is 0 Å². The molecule has 0 bridgehead atoms. The molecule has 0 saturated carbocycles. The van der Waals surface area contributed by atoms with Crippen LogP contribution in [-0.2, 0) is 26.0 Å². The lowest BCUT2D eigenvalue weighted by molar-refractivity contribution is -0.114. The molecule has 0 radical (unpaired) electrons. The first-order valence-electron chi connectivity index (χ1n) is 9.34. The van der Waals surface area contributed by atoms with Gasteiger partial charge in [0.1, 0.15) is 0 Å². The standard InChI is InChI=1S/C23H17NO4S/c1-14-6-8-15(9-7-14)29(27,28)24-18-5-3-2-4-16(18)22-19(24)11-10-17-20(25)12-13-21(26)23(17)22/h2-9,12-13H,10-11H2,1H3. The fraction of sp³-hybridized carbons (Fsp3) is 0.130. The smallest absolute Gasteiger partial charge is 0.268 e. The highest BCUT2D eigenvalue weighted by atomic mass is 32.2. The number of carbonyl (C=O) groups excluding carboxylic acids is 2. The number of ketones is 2. The van der Waals surface area contributed by atoms with E-state index in [-0.39, 0.29) is 16.5 Å². The van der Waals surface area contributed by atoms with E-state index in [0.29, 0.717) is 46.1 Å². The van der Waals surface area contributed by atoms with Crippen LogP contribution in [0, 0.1) is 6.92 Å². The van der Waals surface area contributed by atoms with E-state index in [0.717, 1.165) is 5.56 Å². The van der Waals surface area contributed by atoms with Crippen molar-refractivity contribution in [3.8, 4) is 0 Å². The molecular formula is C23H17NO4S. The van der Waals surface area contributed by atoms with Crippen LogP contribution in [0.3, 0.4) is 0 Å². The highest BCUT2D eigenvalue weighted by molar-refractivity contribution is 7.90. The lowest BCUT2D eigenvalue weighted by Gasteiger charge is -2.22. The van der Waals surface area contributed by atoms with Crippen molar-refractivity contribution in [3.05, 3.63) is 83.1 Å². The third kappa shape index (κ3) is 2.49. The van der Waals surface area contributed by atoms with Crippen LogP contribution in [0.4, 0.5) is 0 Å². The summed E-state index contributed by atoms with van der Waals surface area (Å²) in [4.78, 5) is 25.2. The minimum absolute atomic E-state index is 0.177. The van der Waals surface area contributed by atoms with Gasteiger partial charge in [0.2, 0.25) is 0 Å². The molecule has 0 fully saturated rings. The van der Waals surface area contributed by atoms with Crippen molar-refractivity contribution in [3.63, 3.8) is 0 Å². The van der Waals surface area contributed by atoms with Gasteiger partial charge in [-0.1, -0.05) is 35.9 Å². The Morgan fingerprint density at radius 2 is 1.55 bits per heavy atom. The molecule has 2 aliphatic rings. The first kappa shape index (κ1) is 17.8. The molecule has 0 amide bonds. The second-order valence-electron chi connectivity index (χ2n) is 7.34. The Hall–Kier alpha value is -3.25. The molecule has 144 valence electrons. The maximum Gasteiger partial charge on any atom is 0.268 e. The van der Waals surface area contributed by atoms with Crippen LogP contribution in [0.15, 0.2) is 71.2 Å². The van der Waals surface area contributed by atoms with Crippen LogP contribution >= 0.6 is 0 Å². The number of benzene rings is 2. The molecule has 3 aromatic rings. The molecule has 1 aromatic heterocycles. The van der Waals surface area contributed by atoms with Gasteiger partial charge in [-0.05, 0) is 50.1 Å². The minimum Gasteiger partial charge on any atom is -0.290 e. The Labute approximate surface area is 168 Å². The van der Waals surface area contributed by atoms with E-state index < -0.39 is 10.0 Å². The van der Waals surface area contributed by atoms with E-state index in [9.17, 15) is 18.0 Å². The largest absolute Gasteiger partial charge is 0.290 e. The molecule has 0 atom stereocenters. The molecule has 0 aliphatic heterocycles. The Morgan fingerprint density at radius 3 is 2.31 bits per heavy atom. The third-order valence-electron chi connectivity index (χ3n) is 5.58. The van der Waals surface area contributed by atoms with Gasteiger partial charge in [0.05, 0.1) is 10.4 Å². The predicted octanol–water partition coefficient (Wildman–Crippen LogP) is 3.59. The monoisotopic (exact) mass is 403 g/mol. The second-order valence-corrected chi connectivity index (χ2v) is 9.12. The topological polar surface area (TPSA) is 73.2 Å². The summed E-state index contributed by atoms with van der Waals surface area (Å²) >= 11 is 0. The summed E-state index contributed by atoms with van der Waals surface area (Å²) in [6, 6.07) is 13.9. The zero-order valence-corrected chi connectivity index (χ0v) is 16.5. The van der Waals surface area contributed by atoms with Gasteiger partial charge < -0.3 is 0 Å². The van der Waals surface area contributed by atoms with Crippen LogP contribution < -0.4 is 0 Å². The number of hydrogen-bond donors (Lipinski definition) is 0. The molecule has 0 saturated heterocycles. The van der Waals surface area contributed by atoms with Crippen molar-refractivity contribution in [2.24, 2.45) is 0 Å². The van der Waals surface area contributed by atoms with E-state index in [1.165, 1.54) is 16.1 Å². The van der Waals surface area contributed by atoms with Crippen LogP contribution in [0.5, 0.6) is 0 Å².